The normalized spacial score (nSPS) is 15.1. The van der Waals surface area contributed by atoms with E-state index in [-0.39, 0.29) is 31.4 Å². The monoisotopic (exact) mass is 483 g/mol. The van der Waals surface area contributed by atoms with Crippen LogP contribution < -0.4 is 20.5 Å². The van der Waals surface area contributed by atoms with Crippen molar-refractivity contribution in [2.45, 2.75) is 37.8 Å². The van der Waals surface area contributed by atoms with Crippen LogP contribution in [0, 0.1) is 0 Å². The van der Waals surface area contributed by atoms with Crippen molar-refractivity contribution in [3.8, 4) is 17.4 Å². The molecule has 1 aromatic heterocycles. The topological polar surface area (TPSA) is 124 Å². The number of aliphatic carboxylic acids is 1. The third-order valence-corrected chi connectivity index (χ3v) is 5.38. The number of carbonyl (C=O) groups is 2. The summed E-state index contributed by atoms with van der Waals surface area (Å²) < 4.78 is 12.0. The summed E-state index contributed by atoms with van der Waals surface area (Å²) in [6, 6.07) is 18.3. The molecule has 2 atom stereocenters. The summed E-state index contributed by atoms with van der Waals surface area (Å²) in [6.45, 7) is 0. The average Bonchev–Trinajstić information content (AvgIpc) is 2.84. The molecule has 1 amide bonds. The van der Waals surface area contributed by atoms with Gasteiger partial charge in [0.2, 0.25) is 11.8 Å². The van der Waals surface area contributed by atoms with Gasteiger partial charge in [0.15, 0.2) is 0 Å². The number of carbonyl (C=O) groups excluding carboxylic acids is 1. The first-order valence-corrected chi connectivity index (χ1v) is 10.7. The van der Waals surface area contributed by atoms with E-state index >= 15 is 0 Å². The summed E-state index contributed by atoms with van der Waals surface area (Å²) in [5, 5.41) is 11.3. The Morgan fingerprint density at radius 2 is 1.97 bits per heavy atom. The fourth-order valence-corrected chi connectivity index (χ4v) is 3.61. The summed E-state index contributed by atoms with van der Waals surface area (Å²) in [5.74, 6) is 0.423. The molecule has 34 heavy (non-hydrogen) atoms. The minimum absolute atomic E-state index is 0. The molecule has 0 spiro atoms. The summed E-state index contributed by atoms with van der Waals surface area (Å²) in [4.78, 5) is 26.9. The van der Waals surface area contributed by atoms with E-state index in [1.807, 2.05) is 36.4 Å². The number of aryl methyl sites for hydroxylation is 1. The Balaban J connectivity index is 0.00000324. The number of pyridine rings is 1. The standard InChI is InChI=1S/C25H25N3O5.ClH/c26-20(9-13-24(29)30)25(31)28-18-7-12-23(27-15-18)32-19-8-11-22-17(14-19)6-10-21(33-22)16-4-2-1-3-5-16;/h1-5,7-8,11-12,14-15,20-21H,6,9-10,13,26H2,(H,28,31)(H,29,30);1H/t20-,21?;/m0./s1. The minimum Gasteiger partial charge on any atom is -0.485 e. The van der Waals surface area contributed by atoms with Crippen molar-refractivity contribution in [2.24, 2.45) is 5.73 Å². The highest BCUT2D eigenvalue weighted by Crippen LogP contribution is 2.37. The number of benzene rings is 2. The Morgan fingerprint density at radius 3 is 2.68 bits per heavy atom. The van der Waals surface area contributed by atoms with Gasteiger partial charge < -0.3 is 25.6 Å². The largest absolute Gasteiger partial charge is 0.485 e. The van der Waals surface area contributed by atoms with Gasteiger partial charge in [0, 0.05) is 12.5 Å². The number of anilines is 1. The van der Waals surface area contributed by atoms with Gasteiger partial charge in [-0.2, -0.15) is 0 Å². The molecule has 1 unspecified atom stereocenters. The summed E-state index contributed by atoms with van der Waals surface area (Å²) in [6.07, 6.45) is 3.17. The van der Waals surface area contributed by atoms with E-state index in [0.29, 0.717) is 17.3 Å². The fraction of sp³-hybridized carbons (Fsp3) is 0.240. The highest BCUT2D eigenvalue weighted by atomic mass is 35.5. The van der Waals surface area contributed by atoms with Crippen LogP contribution in [0.5, 0.6) is 17.4 Å². The molecule has 2 heterocycles. The molecule has 3 aromatic rings. The second kappa shape index (κ2) is 11.5. The van der Waals surface area contributed by atoms with Crippen molar-refractivity contribution in [1.29, 1.82) is 0 Å². The van der Waals surface area contributed by atoms with Crippen molar-refractivity contribution in [3.05, 3.63) is 78.0 Å². The van der Waals surface area contributed by atoms with Crippen LogP contribution in [0.4, 0.5) is 5.69 Å². The minimum atomic E-state index is -0.994. The number of aromatic nitrogens is 1. The maximum atomic E-state index is 12.1. The number of ether oxygens (including phenoxy) is 2. The summed E-state index contributed by atoms with van der Waals surface area (Å²) in [5.41, 5.74) is 8.41. The molecule has 178 valence electrons. The van der Waals surface area contributed by atoms with E-state index in [0.717, 1.165) is 24.2 Å². The van der Waals surface area contributed by atoms with Gasteiger partial charge >= 0.3 is 5.97 Å². The molecule has 8 nitrogen and oxygen atoms in total. The SMILES string of the molecule is Cl.N[C@@H](CCC(=O)O)C(=O)Nc1ccc(Oc2ccc3c(c2)CCC(c2ccccc2)O3)nc1. The lowest BCUT2D eigenvalue weighted by Gasteiger charge is -2.26. The number of nitrogens with one attached hydrogen (secondary N) is 1. The molecule has 0 radical (unpaired) electrons. The number of carboxylic acids is 1. The number of hydrogen-bond acceptors (Lipinski definition) is 6. The molecule has 1 aliphatic rings. The van der Waals surface area contributed by atoms with Crippen LogP contribution in [-0.4, -0.2) is 28.0 Å². The predicted molar refractivity (Wildman–Crippen MR) is 130 cm³/mol. The lowest BCUT2D eigenvalue weighted by atomic mass is 9.97. The van der Waals surface area contributed by atoms with Gasteiger partial charge in [-0.3, -0.25) is 9.59 Å². The fourth-order valence-electron chi connectivity index (χ4n) is 3.61. The Bertz CT molecular complexity index is 1130. The van der Waals surface area contributed by atoms with Crippen molar-refractivity contribution < 1.29 is 24.2 Å². The first kappa shape index (κ1) is 25.0. The summed E-state index contributed by atoms with van der Waals surface area (Å²) in [7, 11) is 0. The lowest BCUT2D eigenvalue weighted by Crippen LogP contribution is -2.36. The zero-order valence-electron chi connectivity index (χ0n) is 18.3. The maximum Gasteiger partial charge on any atom is 0.303 e. The number of nitrogens with two attached hydrogens (primary N) is 1. The Hall–Kier alpha value is -3.62. The van der Waals surface area contributed by atoms with Crippen LogP contribution in [0.1, 0.15) is 36.5 Å². The number of carboxylic acid groups (broad SMARTS) is 1. The Morgan fingerprint density at radius 1 is 1.18 bits per heavy atom. The van der Waals surface area contributed by atoms with E-state index in [1.54, 1.807) is 12.1 Å². The van der Waals surface area contributed by atoms with Gasteiger partial charge in [-0.1, -0.05) is 30.3 Å². The first-order valence-electron chi connectivity index (χ1n) is 10.7. The van der Waals surface area contributed by atoms with Gasteiger partial charge in [0.25, 0.3) is 0 Å². The number of hydrogen-bond donors (Lipinski definition) is 3. The van der Waals surface area contributed by atoms with E-state index in [1.165, 1.54) is 11.8 Å². The highest BCUT2D eigenvalue weighted by molar-refractivity contribution is 5.94. The molecule has 0 aliphatic carbocycles. The molecule has 0 saturated carbocycles. The molecule has 9 heteroatoms. The Labute approximate surface area is 203 Å². The second-order valence-corrected chi connectivity index (χ2v) is 7.84. The highest BCUT2D eigenvalue weighted by Gasteiger charge is 2.22. The van der Waals surface area contributed by atoms with Gasteiger partial charge in [0.05, 0.1) is 17.9 Å². The van der Waals surface area contributed by atoms with Crippen LogP contribution >= 0.6 is 12.4 Å². The molecule has 0 bridgehead atoms. The van der Waals surface area contributed by atoms with Crippen molar-refractivity contribution in [3.63, 3.8) is 0 Å². The van der Waals surface area contributed by atoms with Crippen LogP contribution in [0.3, 0.4) is 0 Å². The Kier molecular flexibility index (Phi) is 8.45. The quantitative estimate of drug-likeness (QED) is 0.431. The molecule has 2 aromatic carbocycles. The predicted octanol–water partition coefficient (Wildman–Crippen LogP) is 4.49. The number of rotatable bonds is 8. The van der Waals surface area contributed by atoms with Gasteiger partial charge in [-0.15, -0.1) is 12.4 Å². The van der Waals surface area contributed by atoms with Gasteiger partial charge in [-0.05, 0) is 54.7 Å². The van der Waals surface area contributed by atoms with Crippen LogP contribution in [0.2, 0.25) is 0 Å². The second-order valence-electron chi connectivity index (χ2n) is 7.84. The van der Waals surface area contributed by atoms with Crippen molar-refractivity contribution in [1.82, 2.24) is 4.98 Å². The van der Waals surface area contributed by atoms with Crippen LogP contribution in [-0.2, 0) is 16.0 Å². The number of amides is 1. The van der Waals surface area contributed by atoms with Crippen LogP contribution in [0.15, 0.2) is 66.9 Å². The van der Waals surface area contributed by atoms with Gasteiger partial charge in [-0.25, -0.2) is 4.98 Å². The van der Waals surface area contributed by atoms with Crippen molar-refractivity contribution in [2.75, 3.05) is 5.32 Å². The number of nitrogens with zero attached hydrogens (tertiary/aromatic N) is 1. The molecule has 1 aliphatic heterocycles. The van der Waals surface area contributed by atoms with Gasteiger partial charge in [0.1, 0.15) is 17.6 Å². The van der Waals surface area contributed by atoms with E-state index in [9.17, 15) is 9.59 Å². The third-order valence-electron chi connectivity index (χ3n) is 5.38. The van der Waals surface area contributed by atoms with E-state index < -0.39 is 17.9 Å². The number of fused-ring (bicyclic) bond motifs is 1. The molecule has 0 fully saturated rings. The van der Waals surface area contributed by atoms with E-state index in [2.05, 4.69) is 22.4 Å². The molecule has 0 saturated heterocycles. The molecular weight excluding hydrogens is 458 g/mol. The van der Waals surface area contributed by atoms with Crippen LogP contribution in [0.25, 0.3) is 0 Å². The lowest BCUT2D eigenvalue weighted by molar-refractivity contribution is -0.137. The summed E-state index contributed by atoms with van der Waals surface area (Å²) >= 11 is 0. The molecule has 4 rings (SSSR count). The number of halogens is 1. The zero-order chi connectivity index (χ0) is 23.2. The zero-order valence-corrected chi connectivity index (χ0v) is 19.2. The molecular formula is C25H26ClN3O5. The maximum absolute atomic E-state index is 12.1. The third kappa shape index (κ3) is 6.46. The smallest absolute Gasteiger partial charge is 0.303 e. The first-order chi connectivity index (χ1) is 16.0. The average molecular weight is 484 g/mol. The van der Waals surface area contributed by atoms with E-state index in [4.69, 9.17) is 20.3 Å². The molecule has 4 N–H and O–H groups in total. The van der Waals surface area contributed by atoms with Crippen molar-refractivity contribution >= 4 is 30.0 Å².